The molecule has 79 heavy (non-hydrogen) atoms. The zero-order chi connectivity index (χ0) is 59.8. The van der Waals surface area contributed by atoms with E-state index in [1.54, 1.807) is 27.7 Å². The summed E-state index contributed by atoms with van der Waals surface area (Å²) in [5.74, 6) is -8.16. The summed E-state index contributed by atoms with van der Waals surface area (Å²) < 4.78 is 5.91. The van der Waals surface area contributed by atoms with E-state index in [-0.39, 0.29) is 93.2 Å². The van der Waals surface area contributed by atoms with Crippen molar-refractivity contribution in [3.63, 3.8) is 0 Å². The Labute approximate surface area is 469 Å². The lowest BCUT2D eigenvalue weighted by Gasteiger charge is -2.38. The van der Waals surface area contributed by atoms with Gasteiger partial charge in [0.25, 0.3) is 0 Å². The summed E-state index contributed by atoms with van der Waals surface area (Å²) in [6.45, 7) is 24.8. The number of rotatable bonds is 12. The van der Waals surface area contributed by atoms with Crippen LogP contribution in [0.5, 0.6) is 0 Å². The second-order valence-corrected chi connectivity index (χ2v) is 25.1. The first kappa shape index (κ1) is 65.7. The van der Waals surface area contributed by atoms with E-state index >= 15 is 14.4 Å². The third-order valence-electron chi connectivity index (χ3n) is 16.1. The van der Waals surface area contributed by atoms with E-state index in [2.05, 4.69) is 16.0 Å². The first-order valence-corrected chi connectivity index (χ1v) is 28.7. The molecule has 0 aromatic carbocycles. The van der Waals surface area contributed by atoms with Crippen LogP contribution >= 0.6 is 0 Å². The van der Waals surface area contributed by atoms with Crippen LogP contribution in [0, 0.1) is 41.4 Å². The molecule has 0 aliphatic carbocycles. The van der Waals surface area contributed by atoms with Crippen LogP contribution in [0.1, 0.15) is 142 Å². The highest BCUT2D eigenvalue weighted by Gasteiger charge is 2.49. The highest BCUT2D eigenvalue weighted by molar-refractivity contribution is 5.99. The first-order valence-electron chi connectivity index (χ1n) is 28.7. The first-order chi connectivity index (χ1) is 36.7. The minimum Gasteiger partial charge on any atom is -0.459 e. The number of nitrogens with zero attached hydrogens (tertiary/aromatic N) is 7. The fourth-order valence-corrected chi connectivity index (χ4v) is 12.1. The van der Waals surface area contributed by atoms with Crippen molar-refractivity contribution >= 4 is 65.0 Å². The Morgan fingerprint density at radius 2 is 1.22 bits per heavy atom. The van der Waals surface area contributed by atoms with Gasteiger partial charge in [-0.1, -0.05) is 83.1 Å². The summed E-state index contributed by atoms with van der Waals surface area (Å²) in [5, 5.41) is 8.44. The summed E-state index contributed by atoms with van der Waals surface area (Å²) in [5.41, 5.74) is 0. The molecular formula is C57H96N10O12. The maximum absolute atomic E-state index is 15.1. The van der Waals surface area contributed by atoms with Crippen molar-refractivity contribution in [1.29, 1.82) is 0 Å². The molecule has 1 unspecified atom stereocenters. The van der Waals surface area contributed by atoms with Gasteiger partial charge in [0.15, 0.2) is 0 Å². The van der Waals surface area contributed by atoms with Gasteiger partial charge in [0.1, 0.15) is 67.0 Å². The van der Waals surface area contributed by atoms with Crippen LogP contribution in [0.15, 0.2) is 0 Å². The summed E-state index contributed by atoms with van der Waals surface area (Å²) in [7, 11) is 5.86. The van der Waals surface area contributed by atoms with Crippen molar-refractivity contribution in [2.45, 2.75) is 202 Å². The van der Waals surface area contributed by atoms with Crippen molar-refractivity contribution in [3.05, 3.63) is 0 Å². The highest BCUT2D eigenvalue weighted by Crippen LogP contribution is 2.31. The van der Waals surface area contributed by atoms with Gasteiger partial charge in [-0.2, -0.15) is 0 Å². The quantitative estimate of drug-likeness (QED) is 0.238. The van der Waals surface area contributed by atoms with Crippen molar-refractivity contribution in [2.24, 2.45) is 41.4 Å². The number of amides is 10. The number of carbonyl (C=O) groups excluding carboxylic acids is 11. The summed E-state index contributed by atoms with van der Waals surface area (Å²) in [6, 6.07) is -10.2. The van der Waals surface area contributed by atoms with Gasteiger partial charge < -0.3 is 55.0 Å². The lowest BCUT2D eigenvalue weighted by atomic mass is 9.97. The van der Waals surface area contributed by atoms with Crippen molar-refractivity contribution in [3.8, 4) is 0 Å². The largest absolute Gasteiger partial charge is 0.459 e. The molecule has 22 heteroatoms. The fourth-order valence-electron chi connectivity index (χ4n) is 12.1. The van der Waals surface area contributed by atoms with Crippen molar-refractivity contribution in [1.82, 2.24) is 50.2 Å². The van der Waals surface area contributed by atoms with E-state index in [0.29, 0.717) is 12.8 Å². The van der Waals surface area contributed by atoms with Gasteiger partial charge in [-0.25, -0.2) is 0 Å². The molecular weight excluding hydrogens is 1020 g/mol. The summed E-state index contributed by atoms with van der Waals surface area (Å²) in [4.78, 5) is 169. The van der Waals surface area contributed by atoms with Gasteiger partial charge in [-0.05, 0) is 93.3 Å². The predicted octanol–water partition coefficient (Wildman–Crippen LogP) is 2.26. The molecule has 10 amide bonds. The van der Waals surface area contributed by atoms with Crippen molar-refractivity contribution < 1.29 is 57.5 Å². The Morgan fingerprint density at radius 1 is 0.658 bits per heavy atom. The fraction of sp³-hybridized carbons (Fsp3) is 0.807. The van der Waals surface area contributed by atoms with E-state index < -0.39 is 132 Å². The molecule has 22 nitrogen and oxygen atoms in total. The van der Waals surface area contributed by atoms with Gasteiger partial charge >= 0.3 is 5.97 Å². The molecule has 3 N–H and O–H groups in total. The molecule has 0 bridgehead atoms. The molecule has 4 heterocycles. The number of likely N-dealkylation sites (tertiary alicyclic amines) is 1. The summed E-state index contributed by atoms with van der Waals surface area (Å²) >= 11 is 0. The van der Waals surface area contributed by atoms with E-state index in [1.807, 2.05) is 55.4 Å². The smallest absolute Gasteiger partial charge is 0.325 e. The number of carbonyl (C=O) groups is 11. The Bertz CT molecular complexity index is 2260. The average molecular weight is 1110 g/mol. The number of ether oxygens (including phenoxy) is 1. The number of hydrogen-bond donors (Lipinski definition) is 3. The predicted molar refractivity (Wildman–Crippen MR) is 296 cm³/mol. The number of likely N-dealkylation sites (N-methyl/N-ethyl adjacent to an activating group) is 4. The Hall–Kier alpha value is -5.83. The summed E-state index contributed by atoms with van der Waals surface area (Å²) in [6.07, 6.45) is 0.259. The second kappa shape index (κ2) is 28.0. The molecule has 0 aromatic heterocycles. The van der Waals surface area contributed by atoms with Crippen LogP contribution in [0.25, 0.3) is 0 Å². The maximum atomic E-state index is 15.1. The van der Waals surface area contributed by atoms with Gasteiger partial charge in [-0.15, -0.1) is 0 Å². The number of fused-ring (bicyclic) bond motifs is 2. The van der Waals surface area contributed by atoms with Crippen LogP contribution in [0.4, 0.5) is 0 Å². The molecule has 4 saturated heterocycles. The van der Waals surface area contributed by atoms with Gasteiger partial charge in [0, 0.05) is 54.7 Å². The Balaban J connectivity index is 1.87. The number of nitrogens with one attached hydrogen (secondary N) is 3. The van der Waals surface area contributed by atoms with Crippen LogP contribution in [-0.2, 0) is 57.5 Å². The zero-order valence-electron chi connectivity index (χ0n) is 50.6. The molecule has 4 fully saturated rings. The molecule has 446 valence electrons. The van der Waals surface area contributed by atoms with Gasteiger partial charge in [-0.3, -0.25) is 52.7 Å². The molecule has 4 aliphatic rings. The molecule has 0 radical (unpaired) electrons. The number of cyclic esters (lactones) is 1. The molecule has 0 saturated carbocycles. The SMILES string of the molecule is CC(=O)N(C)[C@H](C(=O)N1C[C@H](C)C[C@H]1C(=O)N(C)[C@@H]1C(=O)N[C@@H](CC(C)C)C(=O)N2C[C@H](C)C[C@H]2C(=O)N[C@@H](CC(C)C)C(=O)N(C)[C@@H](C(C)C)C(=O)N2CCC[C@H]2C(=O)N(C)[C@@H](CC(C)C)C(=O)NCC(=O)OC1C)C(C)C. The van der Waals surface area contributed by atoms with Crippen LogP contribution in [0.3, 0.4) is 0 Å². The van der Waals surface area contributed by atoms with Crippen LogP contribution in [0.2, 0.25) is 0 Å². The minimum absolute atomic E-state index is 0.0906. The zero-order valence-corrected chi connectivity index (χ0v) is 50.6. The van der Waals surface area contributed by atoms with Gasteiger partial charge in [0.05, 0.1) is 0 Å². The lowest BCUT2D eigenvalue weighted by molar-refractivity contribution is -0.160. The van der Waals surface area contributed by atoms with E-state index in [0.717, 1.165) is 4.90 Å². The van der Waals surface area contributed by atoms with Crippen LogP contribution < -0.4 is 16.0 Å². The second-order valence-electron chi connectivity index (χ2n) is 25.1. The van der Waals surface area contributed by atoms with E-state index in [1.165, 1.54) is 71.4 Å². The Morgan fingerprint density at radius 3 is 1.76 bits per heavy atom. The maximum Gasteiger partial charge on any atom is 0.325 e. The molecule has 4 aliphatic heterocycles. The minimum atomic E-state index is -1.63. The molecule has 4 rings (SSSR count). The van der Waals surface area contributed by atoms with Crippen molar-refractivity contribution in [2.75, 3.05) is 54.4 Å². The van der Waals surface area contributed by atoms with Crippen LogP contribution in [-0.4, -0.2) is 214 Å². The third-order valence-corrected chi connectivity index (χ3v) is 16.1. The average Bonchev–Trinajstić information content (AvgIpc) is 4.11. The van der Waals surface area contributed by atoms with E-state index in [4.69, 9.17) is 4.74 Å². The lowest BCUT2D eigenvalue weighted by Crippen LogP contribution is -2.62. The molecule has 12 atom stereocenters. The van der Waals surface area contributed by atoms with Gasteiger partial charge in [0.2, 0.25) is 59.1 Å². The number of esters is 1. The normalized spacial score (nSPS) is 29.2. The molecule has 0 aromatic rings. The standard InChI is InChI=1S/C57H96N10O12/c1-30(2)22-39-52(73)63(17)47(34(9)10)56(77)65-21-19-20-41(65)54(75)62(16)42(24-32(5)6)49(70)58-27-45(69)79-37(13)48(51(72)60-40(23-31(3)4)53(74)66-28-35(11)25-43(66)50(71)59-39)64(18)55(76)44-26-36(12)29-67(44)57(78)46(33(7)8)61(15)38(14)68/h30-37,39-44,46-48H,19-29H2,1-18H3,(H,58,70)(H,59,71)(H,60,72)/t35-,36-,37?,39+,40+,41+,42+,43+,44+,46+,47+,48+/m1/s1. The molecule has 0 spiro atoms. The monoisotopic (exact) mass is 1110 g/mol. The highest BCUT2D eigenvalue weighted by atomic mass is 16.5. The van der Waals surface area contributed by atoms with E-state index in [9.17, 15) is 38.4 Å². The Kier molecular flexibility index (Phi) is 23.3. The topological polar surface area (TPSA) is 256 Å². The number of hydrogen-bond acceptors (Lipinski definition) is 12. The third kappa shape index (κ3) is 16.0.